The van der Waals surface area contributed by atoms with E-state index in [0.29, 0.717) is 17.2 Å². The van der Waals surface area contributed by atoms with Gasteiger partial charge in [-0.1, -0.05) is 6.07 Å². The molecule has 0 bridgehead atoms. The molecule has 2 N–H and O–H groups in total. The van der Waals surface area contributed by atoms with Crippen LogP contribution in [0.3, 0.4) is 0 Å². The number of hydrogen-bond donors (Lipinski definition) is 2. The largest absolute Gasteiger partial charge is 0.454 e. The van der Waals surface area contributed by atoms with Gasteiger partial charge < -0.3 is 9.47 Å². The number of nitrogens with one attached hydrogen (secondary N) is 2. The number of hydrogen-bond acceptors (Lipinski definition) is 5. The Kier molecular flexibility index (Phi) is 4.93. The lowest BCUT2D eigenvalue weighted by atomic mass is 10.2. The van der Waals surface area contributed by atoms with Crippen molar-refractivity contribution >= 4 is 17.9 Å². The molecular formula is C20H15FN4O4. The zero-order valence-corrected chi connectivity index (χ0v) is 15.0. The van der Waals surface area contributed by atoms with Gasteiger partial charge in [0.25, 0.3) is 11.8 Å². The highest BCUT2D eigenvalue weighted by atomic mass is 19.1. The van der Waals surface area contributed by atoms with Crippen LogP contribution >= 0.6 is 0 Å². The molecule has 0 saturated heterocycles. The number of hydrazine groups is 1. The van der Waals surface area contributed by atoms with E-state index in [1.54, 1.807) is 24.3 Å². The summed E-state index contributed by atoms with van der Waals surface area (Å²) in [5.41, 5.74) is 6.09. The first-order valence-corrected chi connectivity index (χ1v) is 8.56. The number of nitrogens with zero attached hydrogens (tertiary/aromatic N) is 2. The number of amides is 2. The Bertz CT molecular complexity index is 1090. The van der Waals surface area contributed by atoms with Crippen molar-refractivity contribution < 1.29 is 23.5 Å². The number of carbonyl (C=O) groups excluding carboxylic acids is 2. The number of fused-ring (bicyclic) bond motifs is 1. The lowest BCUT2D eigenvalue weighted by molar-refractivity contribution is -0.117. The fourth-order valence-electron chi connectivity index (χ4n) is 2.68. The first-order chi connectivity index (χ1) is 14.1. The molecule has 1 aliphatic rings. The first-order valence-electron chi connectivity index (χ1n) is 8.56. The lowest BCUT2D eigenvalue weighted by Crippen LogP contribution is -2.41. The fraction of sp³-hybridized carbons (Fsp3) is 0.0500. The van der Waals surface area contributed by atoms with Crippen LogP contribution in [0.5, 0.6) is 11.5 Å². The van der Waals surface area contributed by atoms with Gasteiger partial charge in [0.05, 0.1) is 12.5 Å². The predicted octanol–water partition coefficient (Wildman–Crippen LogP) is 2.21. The fourth-order valence-corrected chi connectivity index (χ4v) is 2.68. The average molecular weight is 394 g/mol. The summed E-state index contributed by atoms with van der Waals surface area (Å²) in [4.78, 5) is 28.3. The number of benzene rings is 2. The number of rotatable bonds is 4. The van der Waals surface area contributed by atoms with Crippen LogP contribution in [0.1, 0.15) is 16.1 Å². The van der Waals surface area contributed by atoms with Crippen LogP contribution in [0.25, 0.3) is 11.8 Å². The van der Waals surface area contributed by atoms with E-state index in [1.807, 2.05) is 0 Å². The molecule has 1 aromatic heterocycles. The molecule has 9 heteroatoms. The first kappa shape index (κ1) is 18.2. The summed E-state index contributed by atoms with van der Waals surface area (Å²) in [6, 6.07) is 10.8. The van der Waals surface area contributed by atoms with Gasteiger partial charge in [-0.25, -0.2) is 9.37 Å². The lowest BCUT2D eigenvalue weighted by Gasteiger charge is -2.09. The zero-order valence-electron chi connectivity index (χ0n) is 15.0. The van der Waals surface area contributed by atoms with Gasteiger partial charge in [-0.05, 0) is 48.0 Å². The van der Waals surface area contributed by atoms with Crippen LogP contribution in [-0.4, -0.2) is 28.2 Å². The van der Waals surface area contributed by atoms with Gasteiger partial charge in [-0.3, -0.25) is 25.0 Å². The Morgan fingerprint density at radius 1 is 1.07 bits per heavy atom. The van der Waals surface area contributed by atoms with Crippen molar-refractivity contribution in [2.45, 2.75) is 0 Å². The molecule has 146 valence electrons. The maximum Gasteiger partial charge on any atom is 0.288 e. The van der Waals surface area contributed by atoms with E-state index in [2.05, 4.69) is 15.8 Å². The number of ether oxygens (including phenoxy) is 2. The molecule has 0 spiro atoms. The van der Waals surface area contributed by atoms with Crippen molar-refractivity contribution in [2.24, 2.45) is 0 Å². The normalized spacial score (nSPS) is 12.2. The van der Waals surface area contributed by atoms with Gasteiger partial charge in [-0.2, -0.15) is 0 Å². The summed E-state index contributed by atoms with van der Waals surface area (Å²) < 4.78 is 25.1. The smallest absolute Gasteiger partial charge is 0.288 e. The highest BCUT2D eigenvalue weighted by Gasteiger charge is 2.14. The third kappa shape index (κ3) is 4.08. The number of imidazole rings is 1. The third-order valence-corrected chi connectivity index (χ3v) is 4.10. The quantitative estimate of drug-likeness (QED) is 0.523. The second kappa shape index (κ2) is 7.85. The van der Waals surface area contributed by atoms with Gasteiger partial charge in [0.15, 0.2) is 11.5 Å². The Morgan fingerprint density at radius 3 is 2.69 bits per heavy atom. The molecule has 0 saturated carbocycles. The minimum Gasteiger partial charge on any atom is -0.454 e. The van der Waals surface area contributed by atoms with Crippen LogP contribution in [0.2, 0.25) is 0 Å². The molecule has 2 heterocycles. The summed E-state index contributed by atoms with van der Waals surface area (Å²) in [6.07, 6.45) is 5.61. The van der Waals surface area contributed by atoms with Gasteiger partial charge in [0.1, 0.15) is 11.5 Å². The van der Waals surface area contributed by atoms with Crippen LogP contribution in [0, 0.1) is 5.82 Å². The average Bonchev–Trinajstić information content (AvgIpc) is 3.40. The SMILES string of the molecule is O=C(/C=C/c1ccc2c(c1)OCO2)NNC(=O)c1cncn1-c1ccc(F)cc1. The van der Waals surface area contributed by atoms with E-state index in [-0.39, 0.29) is 18.3 Å². The molecular weight excluding hydrogens is 379 g/mol. The van der Waals surface area contributed by atoms with E-state index in [0.717, 1.165) is 5.56 Å². The van der Waals surface area contributed by atoms with Crippen molar-refractivity contribution in [3.63, 3.8) is 0 Å². The maximum absolute atomic E-state index is 13.1. The van der Waals surface area contributed by atoms with Gasteiger partial charge in [0.2, 0.25) is 6.79 Å². The van der Waals surface area contributed by atoms with Gasteiger partial charge >= 0.3 is 0 Å². The molecule has 3 aromatic rings. The summed E-state index contributed by atoms with van der Waals surface area (Å²) in [7, 11) is 0. The second-order valence-electron chi connectivity index (χ2n) is 6.01. The minimum absolute atomic E-state index is 0.170. The topological polar surface area (TPSA) is 94.5 Å². The Balaban J connectivity index is 1.37. The molecule has 0 fully saturated rings. The van der Waals surface area contributed by atoms with E-state index in [1.165, 1.54) is 47.4 Å². The molecule has 2 aromatic carbocycles. The van der Waals surface area contributed by atoms with E-state index in [9.17, 15) is 14.0 Å². The van der Waals surface area contributed by atoms with Crippen molar-refractivity contribution in [3.8, 4) is 17.2 Å². The monoisotopic (exact) mass is 394 g/mol. The maximum atomic E-state index is 13.1. The Labute approximate surface area is 164 Å². The Morgan fingerprint density at radius 2 is 1.86 bits per heavy atom. The number of carbonyl (C=O) groups is 2. The van der Waals surface area contributed by atoms with Crippen LogP contribution in [-0.2, 0) is 4.79 Å². The zero-order chi connectivity index (χ0) is 20.2. The molecule has 8 nitrogen and oxygen atoms in total. The third-order valence-electron chi connectivity index (χ3n) is 4.10. The standard InChI is InChI=1S/C20H15FN4O4/c21-14-3-5-15(6-4-14)25-11-22-10-16(25)20(27)24-23-19(26)8-2-13-1-7-17-18(9-13)29-12-28-17/h1-11H,12H2,(H,23,26)(H,24,27)/b8-2+. The molecule has 0 radical (unpaired) electrons. The van der Waals surface area contributed by atoms with E-state index < -0.39 is 11.8 Å². The van der Waals surface area contributed by atoms with Crippen molar-refractivity contribution in [2.75, 3.05) is 6.79 Å². The van der Waals surface area contributed by atoms with E-state index in [4.69, 9.17) is 9.47 Å². The summed E-state index contributed by atoms with van der Waals surface area (Å²) in [5, 5.41) is 0. The highest BCUT2D eigenvalue weighted by molar-refractivity contribution is 5.97. The van der Waals surface area contributed by atoms with Crippen molar-refractivity contribution in [1.82, 2.24) is 20.4 Å². The van der Waals surface area contributed by atoms with Crippen molar-refractivity contribution in [1.29, 1.82) is 0 Å². The minimum atomic E-state index is -0.573. The number of halogens is 1. The highest BCUT2D eigenvalue weighted by Crippen LogP contribution is 2.32. The molecule has 0 unspecified atom stereocenters. The molecule has 0 atom stereocenters. The van der Waals surface area contributed by atoms with E-state index >= 15 is 0 Å². The molecule has 2 amide bonds. The van der Waals surface area contributed by atoms with Gasteiger partial charge in [-0.15, -0.1) is 0 Å². The Hall–Kier alpha value is -4.14. The molecule has 0 aliphatic carbocycles. The molecule has 4 rings (SSSR count). The molecule has 29 heavy (non-hydrogen) atoms. The number of aromatic nitrogens is 2. The summed E-state index contributed by atoms with van der Waals surface area (Å²) in [6.45, 7) is 0.170. The van der Waals surface area contributed by atoms with Crippen LogP contribution < -0.4 is 20.3 Å². The summed E-state index contributed by atoms with van der Waals surface area (Å²) in [5.74, 6) is -0.228. The van der Waals surface area contributed by atoms with Crippen LogP contribution in [0.4, 0.5) is 4.39 Å². The van der Waals surface area contributed by atoms with Gasteiger partial charge in [0, 0.05) is 11.8 Å². The summed E-state index contributed by atoms with van der Waals surface area (Å²) >= 11 is 0. The second-order valence-corrected chi connectivity index (χ2v) is 6.01. The van der Waals surface area contributed by atoms with Crippen molar-refractivity contribution in [3.05, 3.63) is 78.1 Å². The van der Waals surface area contributed by atoms with Crippen LogP contribution in [0.15, 0.2) is 61.1 Å². The predicted molar refractivity (Wildman–Crippen MR) is 101 cm³/mol. The molecule has 1 aliphatic heterocycles.